The average molecular weight is 468 g/mol. The molecule has 1 aliphatic heterocycles. The largest absolute Gasteiger partial charge is 0.352 e. The molecule has 0 unspecified atom stereocenters. The molecule has 3 amide bonds. The highest BCUT2D eigenvalue weighted by molar-refractivity contribution is 5.89. The van der Waals surface area contributed by atoms with Gasteiger partial charge in [-0.25, -0.2) is 4.79 Å². The molecule has 1 aromatic carbocycles. The van der Waals surface area contributed by atoms with Crippen molar-refractivity contribution in [2.24, 2.45) is 5.92 Å². The Labute approximate surface area is 196 Å². The van der Waals surface area contributed by atoms with Crippen molar-refractivity contribution in [3.63, 3.8) is 0 Å². The number of halogens is 2. The third-order valence-electron chi connectivity index (χ3n) is 5.12. The molecule has 0 bridgehead atoms. The fourth-order valence-corrected chi connectivity index (χ4v) is 3.41. The van der Waals surface area contributed by atoms with Crippen LogP contribution in [0.4, 0.5) is 10.5 Å². The molecule has 170 valence electrons. The number of carbonyl (C=O) groups is 2. The zero-order valence-electron chi connectivity index (χ0n) is 17.4. The van der Waals surface area contributed by atoms with Gasteiger partial charge in [-0.1, -0.05) is 12.1 Å². The van der Waals surface area contributed by atoms with E-state index in [0.717, 1.165) is 43.5 Å². The van der Waals surface area contributed by atoms with Crippen molar-refractivity contribution in [1.82, 2.24) is 20.9 Å². The Balaban J connectivity index is 0.00000240. The van der Waals surface area contributed by atoms with Gasteiger partial charge in [0, 0.05) is 37.6 Å². The monoisotopic (exact) mass is 467 g/mol. The molecular weight excluding hydrogens is 437 g/mol. The minimum absolute atomic E-state index is 0. The molecule has 3 rings (SSSR count). The lowest BCUT2D eigenvalue weighted by Gasteiger charge is -2.22. The number of pyridine rings is 1. The molecular formula is C22H31Cl2N5O2. The second-order valence-electron chi connectivity index (χ2n) is 7.37. The Hall–Kier alpha value is -2.35. The number of anilines is 1. The smallest absolute Gasteiger partial charge is 0.319 e. The van der Waals surface area contributed by atoms with Crippen LogP contribution in [0.1, 0.15) is 36.8 Å². The zero-order valence-corrected chi connectivity index (χ0v) is 19.1. The molecule has 1 fully saturated rings. The predicted molar refractivity (Wildman–Crippen MR) is 128 cm³/mol. The van der Waals surface area contributed by atoms with Crippen LogP contribution in [0.5, 0.6) is 0 Å². The number of carbonyl (C=O) groups excluding carboxylic acids is 2. The maximum atomic E-state index is 12.1. The number of urea groups is 1. The minimum Gasteiger partial charge on any atom is -0.352 e. The summed E-state index contributed by atoms with van der Waals surface area (Å²) in [5.74, 6) is 0.733. The molecule has 0 saturated carbocycles. The van der Waals surface area contributed by atoms with Crippen molar-refractivity contribution in [3.05, 3.63) is 59.9 Å². The highest BCUT2D eigenvalue weighted by Crippen LogP contribution is 2.17. The van der Waals surface area contributed by atoms with Crippen LogP contribution in [-0.2, 0) is 17.9 Å². The Bertz CT molecular complexity index is 801. The Morgan fingerprint density at radius 2 is 1.68 bits per heavy atom. The number of nitrogens with one attached hydrogen (secondary N) is 4. The van der Waals surface area contributed by atoms with Crippen molar-refractivity contribution in [3.8, 4) is 0 Å². The third kappa shape index (κ3) is 10.0. The molecule has 0 radical (unpaired) electrons. The summed E-state index contributed by atoms with van der Waals surface area (Å²) < 4.78 is 0. The lowest BCUT2D eigenvalue weighted by Crippen LogP contribution is -2.29. The van der Waals surface area contributed by atoms with Crippen LogP contribution in [0.3, 0.4) is 0 Å². The Kier molecular flexibility index (Phi) is 12.6. The van der Waals surface area contributed by atoms with E-state index >= 15 is 0 Å². The highest BCUT2D eigenvalue weighted by Gasteiger charge is 2.14. The summed E-state index contributed by atoms with van der Waals surface area (Å²) in [6, 6.07) is 10.9. The summed E-state index contributed by atoms with van der Waals surface area (Å²) in [5.41, 5.74) is 2.63. The molecule has 0 spiro atoms. The molecule has 1 aromatic heterocycles. The molecule has 2 heterocycles. The van der Waals surface area contributed by atoms with Crippen LogP contribution in [0.2, 0.25) is 0 Å². The van der Waals surface area contributed by atoms with E-state index in [1.54, 1.807) is 12.4 Å². The first-order chi connectivity index (χ1) is 14.2. The van der Waals surface area contributed by atoms with E-state index in [0.29, 0.717) is 31.1 Å². The van der Waals surface area contributed by atoms with Gasteiger partial charge < -0.3 is 21.3 Å². The first kappa shape index (κ1) is 26.7. The van der Waals surface area contributed by atoms with Crippen molar-refractivity contribution < 1.29 is 9.59 Å². The van der Waals surface area contributed by atoms with E-state index in [1.165, 1.54) is 0 Å². The average Bonchev–Trinajstić information content (AvgIpc) is 2.76. The van der Waals surface area contributed by atoms with Crippen molar-refractivity contribution in [1.29, 1.82) is 0 Å². The summed E-state index contributed by atoms with van der Waals surface area (Å²) in [6.07, 6.45) is 7.22. The van der Waals surface area contributed by atoms with E-state index in [-0.39, 0.29) is 36.8 Å². The number of benzene rings is 1. The second kappa shape index (κ2) is 14.6. The van der Waals surface area contributed by atoms with Crippen LogP contribution in [0.15, 0.2) is 48.8 Å². The van der Waals surface area contributed by atoms with Crippen LogP contribution in [0.25, 0.3) is 0 Å². The van der Waals surface area contributed by atoms with Crippen LogP contribution < -0.4 is 21.3 Å². The number of hydrogen-bond acceptors (Lipinski definition) is 4. The van der Waals surface area contributed by atoms with Gasteiger partial charge in [0.1, 0.15) is 0 Å². The van der Waals surface area contributed by atoms with E-state index in [9.17, 15) is 9.59 Å². The Morgan fingerprint density at radius 1 is 0.968 bits per heavy atom. The fraction of sp³-hybridized carbons (Fsp3) is 0.409. The molecule has 1 saturated heterocycles. The van der Waals surface area contributed by atoms with Crippen LogP contribution in [-0.4, -0.2) is 30.0 Å². The van der Waals surface area contributed by atoms with E-state index in [4.69, 9.17) is 0 Å². The normalized spacial score (nSPS) is 13.3. The van der Waals surface area contributed by atoms with Gasteiger partial charge in [0.15, 0.2) is 0 Å². The molecule has 31 heavy (non-hydrogen) atoms. The summed E-state index contributed by atoms with van der Waals surface area (Å²) >= 11 is 0. The third-order valence-corrected chi connectivity index (χ3v) is 5.12. The van der Waals surface area contributed by atoms with Gasteiger partial charge >= 0.3 is 6.03 Å². The van der Waals surface area contributed by atoms with Crippen molar-refractivity contribution in [2.75, 3.05) is 18.4 Å². The predicted octanol–water partition coefficient (Wildman–Crippen LogP) is 3.64. The molecule has 9 heteroatoms. The van der Waals surface area contributed by atoms with Crippen molar-refractivity contribution >= 4 is 42.4 Å². The fourth-order valence-electron chi connectivity index (χ4n) is 3.41. The summed E-state index contributed by atoms with van der Waals surface area (Å²) in [6.45, 7) is 3.00. The number of aromatic nitrogens is 1. The first-order valence-electron chi connectivity index (χ1n) is 10.2. The van der Waals surface area contributed by atoms with Crippen LogP contribution >= 0.6 is 24.8 Å². The van der Waals surface area contributed by atoms with Gasteiger partial charge in [0.2, 0.25) is 5.91 Å². The topological polar surface area (TPSA) is 95.2 Å². The minimum atomic E-state index is -0.273. The maximum absolute atomic E-state index is 12.1. The second-order valence-corrected chi connectivity index (χ2v) is 7.37. The number of nitrogens with zero attached hydrogens (tertiary/aromatic N) is 1. The summed E-state index contributed by atoms with van der Waals surface area (Å²) in [4.78, 5) is 28.2. The SMILES string of the molecule is Cl.Cl.O=C(CCC1CCNCC1)NCc1cccc(NC(=O)NCc2ccncc2)c1. The van der Waals surface area contributed by atoms with Gasteiger partial charge in [-0.2, -0.15) is 0 Å². The first-order valence-corrected chi connectivity index (χ1v) is 10.2. The van der Waals surface area contributed by atoms with Gasteiger partial charge in [0.05, 0.1) is 0 Å². The number of hydrogen-bond donors (Lipinski definition) is 4. The van der Waals surface area contributed by atoms with E-state index in [2.05, 4.69) is 26.3 Å². The number of amides is 3. The van der Waals surface area contributed by atoms with Gasteiger partial charge in [-0.05, 0) is 73.7 Å². The molecule has 1 aliphatic rings. The lowest BCUT2D eigenvalue weighted by atomic mass is 9.93. The van der Waals surface area contributed by atoms with Crippen molar-refractivity contribution in [2.45, 2.75) is 38.8 Å². The molecule has 4 N–H and O–H groups in total. The Morgan fingerprint density at radius 3 is 2.42 bits per heavy atom. The van der Waals surface area contributed by atoms with Crippen LogP contribution in [0, 0.1) is 5.92 Å². The zero-order chi connectivity index (χ0) is 20.3. The maximum Gasteiger partial charge on any atom is 0.319 e. The summed E-state index contributed by atoms with van der Waals surface area (Å²) in [5, 5.41) is 12.0. The number of rotatable bonds is 8. The van der Waals surface area contributed by atoms with E-state index in [1.807, 2.05) is 36.4 Å². The highest BCUT2D eigenvalue weighted by atomic mass is 35.5. The molecule has 7 nitrogen and oxygen atoms in total. The molecule has 0 atom stereocenters. The number of piperidine rings is 1. The lowest BCUT2D eigenvalue weighted by molar-refractivity contribution is -0.121. The van der Waals surface area contributed by atoms with E-state index < -0.39 is 0 Å². The molecule has 2 aromatic rings. The molecule has 0 aliphatic carbocycles. The van der Waals surface area contributed by atoms with Gasteiger partial charge in [-0.15, -0.1) is 24.8 Å². The standard InChI is InChI=1S/C22H29N5O2.2ClH/c28-21(5-4-17-6-10-23-11-7-17)25-16-19-2-1-3-20(14-19)27-22(29)26-15-18-8-12-24-13-9-18;;/h1-3,8-9,12-14,17,23H,4-7,10-11,15-16H2,(H,25,28)(H2,26,27,29);2*1H. The van der Waals surface area contributed by atoms with Gasteiger partial charge in [0.25, 0.3) is 0 Å². The van der Waals surface area contributed by atoms with Gasteiger partial charge in [-0.3, -0.25) is 9.78 Å². The summed E-state index contributed by atoms with van der Waals surface area (Å²) in [7, 11) is 0. The quantitative estimate of drug-likeness (QED) is 0.476.